The number of nitrogens with one attached hydrogen (secondary N) is 1. The molecule has 106 valence electrons. The van der Waals surface area contributed by atoms with Crippen molar-refractivity contribution in [3.8, 4) is 0 Å². The van der Waals surface area contributed by atoms with E-state index in [1.165, 1.54) is 6.20 Å². The highest BCUT2D eigenvalue weighted by atomic mass is 35.5. The summed E-state index contributed by atoms with van der Waals surface area (Å²) in [6.07, 6.45) is 1.36. The lowest BCUT2D eigenvalue weighted by Crippen LogP contribution is -2.16. The second-order valence-electron chi connectivity index (χ2n) is 4.43. The van der Waals surface area contributed by atoms with Crippen molar-refractivity contribution in [2.24, 2.45) is 0 Å². The minimum Gasteiger partial charge on any atom is -0.398 e. The molecule has 2 rings (SSSR count). The van der Waals surface area contributed by atoms with Crippen molar-refractivity contribution in [1.29, 1.82) is 0 Å². The molecule has 0 saturated heterocycles. The van der Waals surface area contributed by atoms with Crippen LogP contribution in [0.15, 0.2) is 35.4 Å². The molecule has 0 unspecified atom stereocenters. The maximum absolute atomic E-state index is 12.4. The SMILES string of the molecule is Cc1cc(NS(=O)(=O)c2c(C)cccc2N)cnc1Cl. The Hall–Kier alpha value is -1.79. The number of anilines is 2. The molecule has 3 N–H and O–H groups in total. The van der Waals surface area contributed by atoms with Crippen LogP contribution in [0.4, 0.5) is 11.4 Å². The molecule has 20 heavy (non-hydrogen) atoms. The number of nitrogens with zero attached hydrogens (tertiary/aromatic N) is 1. The number of sulfonamides is 1. The summed E-state index contributed by atoms with van der Waals surface area (Å²) in [5.74, 6) is 0. The Kier molecular flexibility index (Phi) is 3.87. The smallest absolute Gasteiger partial charge is 0.264 e. The van der Waals surface area contributed by atoms with Crippen LogP contribution in [0, 0.1) is 13.8 Å². The van der Waals surface area contributed by atoms with Gasteiger partial charge in [0.2, 0.25) is 0 Å². The Bertz CT molecular complexity index is 740. The summed E-state index contributed by atoms with van der Waals surface area (Å²) in [6, 6.07) is 6.56. The van der Waals surface area contributed by atoms with Crippen LogP contribution in [0.5, 0.6) is 0 Å². The van der Waals surface area contributed by atoms with Crippen LogP contribution in [-0.4, -0.2) is 13.4 Å². The van der Waals surface area contributed by atoms with E-state index in [4.69, 9.17) is 17.3 Å². The second kappa shape index (κ2) is 5.30. The topological polar surface area (TPSA) is 85.1 Å². The van der Waals surface area contributed by atoms with Gasteiger partial charge in [-0.2, -0.15) is 0 Å². The molecule has 0 atom stereocenters. The fourth-order valence-electron chi connectivity index (χ4n) is 1.86. The first-order valence-electron chi connectivity index (χ1n) is 5.81. The molecule has 2 aromatic rings. The van der Waals surface area contributed by atoms with Crippen molar-refractivity contribution < 1.29 is 8.42 Å². The number of hydrogen-bond donors (Lipinski definition) is 2. The third-order valence-corrected chi connectivity index (χ3v) is 4.77. The van der Waals surface area contributed by atoms with E-state index < -0.39 is 10.0 Å². The normalized spacial score (nSPS) is 11.3. The molecule has 0 bridgehead atoms. The molecular formula is C13H14ClN3O2S. The molecule has 0 radical (unpaired) electrons. The number of aromatic nitrogens is 1. The molecule has 5 nitrogen and oxygen atoms in total. The summed E-state index contributed by atoms with van der Waals surface area (Å²) >= 11 is 5.81. The maximum atomic E-state index is 12.4. The number of pyridine rings is 1. The van der Waals surface area contributed by atoms with Crippen LogP contribution in [0.25, 0.3) is 0 Å². The molecule has 0 amide bonds. The molecule has 0 saturated carbocycles. The molecule has 1 aromatic heterocycles. The molecular weight excluding hydrogens is 298 g/mol. The third kappa shape index (κ3) is 2.86. The summed E-state index contributed by atoms with van der Waals surface area (Å²) in [5, 5.41) is 0.336. The predicted octanol–water partition coefficient (Wildman–Crippen LogP) is 2.73. The lowest BCUT2D eigenvalue weighted by molar-refractivity contribution is 0.601. The fourth-order valence-corrected chi connectivity index (χ4v) is 3.36. The standard InChI is InChI=1S/C13H14ClN3O2S/c1-8-4-3-5-11(15)12(8)20(18,19)17-10-6-9(2)13(14)16-7-10/h3-7,17H,15H2,1-2H3. The van der Waals surface area contributed by atoms with Crippen molar-refractivity contribution in [1.82, 2.24) is 4.98 Å². The van der Waals surface area contributed by atoms with Gasteiger partial charge in [-0.3, -0.25) is 4.72 Å². The molecule has 1 aromatic carbocycles. The zero-order chi connectivity index (χ0) is 14.9. The summed E-state index contributed by atoms with van der Waals surface area (Å²) in [5.41, 5.74) is 7.57. The molecule has 0 aliphatic rings. The molecule has 0 aliphatic carbocycles. The summed E-state index contributed by atoms with van der Waals surface area (Å²) in [4.78, 5) is 3.99. The van der Waals surface area contributed by atoms with Gasteiger partial charge in [-0.05, 0) is 37.1 Å². The van der Waals surface area contributed by atoms with Gasteiger partial charge in [0.1, 0.15) is 10.0 Å². The van der Waals surface area contributed by atoms with Gasteiger partial charge in [0, 0.05) is 0 Å². The number of nitrogens with two attached hydrogens (primary N) is 1. The zero-order valence-corrected chi connectivity index (χ0v) is 12.6. The third-order valence-electron chi connectivity index (χ3n) is 2.78. The Balaban J connectivity index is 2.43. The lowest BCUT2D eigenvalue weighted by Gasteiger charge is -2.12. The van der Waals surface area contributed by atoms with E-state index in [-0.39, 0.29) is 10.6 Å². The Morgan fingerprint density at radius 1 is 1.25 bits per heavy atom. The van der Waals surface area contributed by atoms with Crippen molar-refractivity contribution >= 4 is 33.0 Å². The first kappa shape index (κ1) is 14.6. The molecule has 0 fully saturated rings. The summed E-state index contributed by atoms with van der Waals surface area (Å²) in [7, 11) is -3.76. The molecule has 0 spiro atoms. The Labute approximate surface area is 122 Å². The van der Waals surface area contributed by atoms with Gasteiger partial charge in [0.15, 0.2) is 0 Å². The minimum absolute atomic E-state index is 0.0765. The second-order valence-corrected chi connectivity index (χ2v) is 6.41. The van der Waals surface area contributed by atoms with Crippen molar-refractivity contribution in [3.05, 3.63) is 46.7 Å². The largest absolute Gasteiger partial charge is 0.398 e. The van der Waals surface area contributed by atoms with Gasteiger partial charge in [-0.25, -0.2) is 13.4 Å². The van der Waals surface area contributed by atoms with E-state index >= 15 is 0 Å². The van der Waals surface area contributed by atoms with Crippen molar-refractivity contribution in [3.63, 3.8) is 0 Å². The highest BCUT2D eigenvalue weighted by molar-refractivity contribution is 7.93. The van der Waals surface area contributed by atoms with Crippen LogP contribution >= 0.6 is 11.6 Å². The van der Waals surface area contributed by atoms with Crippen LogP contribution in [0.1, 0.15) is 11.1 Å². The van der Waals surface area contributed by atoms with Crippen molar-refractivity contribution in [2.75, 3.05) is 10.5 Å². The van der Waals surface area contributed by atoms with Gasteiger partial charge < -0.3 is 5.73 Å². The zero-order valence-electron chi connectivity index (χ0n) is 11.0. The highest BCUT2D eigenvalue weighted by Crippen LogP contribution is 2.25. The summed E-state index contributed by atoms with van der Waals surface area (Å²) < 4.78 is 27.2. The van der Waals surface area contributed by atoms with Crippen molar-refractivity contribution in [2.45, 2.75) is 18.7 Å². The van der Waals surface area contributed by atoms with Crippen LogP contribution in [0.2, 0.25) is 5.15 Å². The summed E-state index contributed by atoms with van der Waals surface area (Å²) in [6.45, 7) is 3.44. The van der Waals surface area contributed by atoms with Gasteiger partial charge in [0.25, 0.3) is 10.0 Å². The number of benzene rings is 1. The van der Waals surface area contributed by atoms with Gasteiger partial charge in [-0.15, -0.1) is 0 Å². The Morgan fingerprint density at radius 2 is 1.95 bits per heavy atom. The maximum Gasteiger partial charge on any atom is 0.264 e. The first-order chi connectivity index (χ1) is 9.31. The first-order valence-corrected chi connectivity index (χ1v) is 7.67. The minimum atomic E-state index is -3.76. The molecule has 1 heterocycles. The highest BCUT2D eigenvalue weighted by Gasteiger charge is 2.20. The number of nitrogen functional groups attached to an aromatic ring is 1. The van der Waals surface area contributed by atoms with Crippen LogP contribution in [0.3, 0.4) is 0 Å². The average molecular weight is 312 g/mol. The average Bonchev–Trinajstić information content (AvgIpc) is 2.33. The van der Waals surface area contributed by atoms with Gasteiger partial charge in [0.05, 0.1) is 17.6 Å². The van der Waals surface area contributed by atoms with E-state index in [9.17, 15) is 8.42 Å². The Morgan fingerprint density at radius 3 is 2.55 bits per heavy atom. The van der Waals surface area contributed by atoms with E-state index in [2.05, 4.69) is 9.71 Å². The van der Waals surface area contributed by atoms with Crippen LogP contribution in [-0.2, 0) is 10.0 Å². The quantitative estimate of drug-likeness (QED) is 0.674. The molecule has 0 aliphatic heterocycles. The number of halogens is 1. The number of rotatable bonds is 3. The predicted molar refractivity (Wildman–Crippen MR) is 80.4 cm³/mol. The van der Waals surface area contributed by atoms with Gasteiger partial charge in [-0.1, -0.05) is 23.7 Å². The molecule has 7 heteroatoms. The number of hydrogen-bond acceptors (Lipinski definition) is 4. The fraction of sp³-hybridized carbons (Fsp3) is 0.154. The van der Waals surface area contributed by atoms with E-state index in [0.29, 0.717) is 22.0 Å². The van der Waals surface area contributed by atoms with E-state index in [1.54, 1.807) is 38.1 Å². The lowest BCUT2D eigenvalue weighted by atomic mass is 10.2. The van der Waals surface area contributed by atoms with Crippen LogP contribution < -0.4 is 10.5 Å². The van der Waals surface area contributed by atoms with Gasteiger partial charge >= 0.3 is 0 Å². The van der Waals surface area contributed by atoms with E-state index in [1.807, 2.05) is 0 Å². The number of aryl methyl sites for hydroxylation is 2. The monoisotopic (exact) mass is 311 g/mol. The van der Waals surface area contributed by atoms with E-state index in [0.717, 1.165) is 0 Å².